The SMILES string of the molecule is Cc1cccc(-c2nnc(-c3nc(NCc4ccccc4C)c4ccccc4n3)o2)c1. The molecule has 6 heteroatoms. The minimum Gasteiger partial charge on any atom is -0.413 e. The van der Waals surface area contributed by atoms with Crippen molar-refractivity contribution in [2.75, 3.05) is 5.32 Å². The Morgan fingerprint density at radius 1 is 0.806 bits per heavy atom. The molecule has 5 rings (SSSR count). The molecule has 152 valence electrons. The van der Waals surface area contributed by atoms with E-state index < -0.39 is 0 Å². The molecule has 0 aliphatic carbocycles. The molecule has 0 fully saturated rings. The molecule has 5 aromatic rings. The summed E-state index contributed by atoms with van der Waals surface area (Å²) >= 11 is 0. The molecular weight excluding hydrogens is 386 g/mol. The average Bonchev–Trinajstić information content (AvgIpc) is 3.29. The van der Waals surface area contributed by atoms with Crippen molar-refractivity contribution in [1.82, 2.24) is 20.2 Å². The Morgan fingerprint density at radius 3 is 2.48 bits per heavy atom. The van der Waals surface area contributed by atoms with Crippen LogP contribution < -0.4 is 5.32 Å². The highest BCUT2D eigenvalue weighted by Gasteiger charge is 2.16. The predicted octanol–water partition coefficient (Wildman–Crippen LogP) is 5.58. The summed E-state index contributed by atoms with van der Waals surface area (Å²) in [6.45, 7) is 4.79. The Morgan fingerprint density at radius 2 is 1.61 bits per heavy atom. The summed E-state index contributed by atoms with van der Waals surface area (Å²) in [7, 11) is 0. The normalized spacial score (nSPS) is 11.0. The maximum Gasteiger partial charge on any atom is 0.286 e. The van der Waals surface area contributed by atoms with Crippen molar-refractivity contribution in [3.05, 3.63) is 89.5 Å². The number of rotatable bonds is 5. The summed E-state index contributed by atoms with van der Waals surface area (Å²) in [5.74, 6) is 1.88. The zero-order valence-corrected chi connectivity index (χ0v) is 17.3. The first kappa shape index (κ1) is 18.9. The van der Waals surface area contributed by atoms with E-state index in [-0.39, 0.29) is 0 Å². The molecule has 0 atom stereocenters. The number of aromatic nitrogens is 4. The molecule has 2 heterocycles. The summed E-state index contributed by atoms with van der Waals surface area (Å²) < 4.78 is 5.92. The molecular formula is C25H21N5O. The number of hydrogen-bond donors (Lipinski definition) is 1. The number of aryl methyl sites for hydroxylation is 2. The second kappa shape index (κ2) is 7.99. The Labute approximate surface area is 180 Å². The van der Waals surface area contributed by atoms with Crippen molar-refractivity contribution < 1.29 is 4.42 Å². The number of fused-ring (bicyclic) bond motifs is 1. The van der Waals surface area contributed by atoms with Crippen molar-refractivity contribution in [3.8, 4) is 23.2 Å². The first-order chi connectivity index (χ1) is 15.2. The van der Waals surface area contributed by atoms with Gasteiger partial charge in [0, 0.05) is 17.5 Å². The highest BCUT2D eigenvalue weighted by atomic mass is 16.4. The number of benzene rings is 3. The summed E-state index contributed by atoms with van der Waals surface area (Å²) in [5.41, 5.74) is 5.26. The van der Waals surface area contributed by atoms with E-state index >= 15 is 0 Å². The average molecular weight is 407 g/mol. The first-order valence-corrected chi connectivity index (χ1v) is 10.1. The lowest BCUT2D eigenvalue weighted by Gasteiger charge is -2.11. The lowest BCUT2D eigenvalue weighted by Crippen LogP contribution is -2.05. The molecule has 0 saturated heterocycles. The maximum absolute atomic E-state index is 5.92. The van der Waals surface area contributed by atoms with Gasteiger partial charge in [0.2, 0.25) is 11.7 Å². The monoisotopic (exact) mass is 407 g/mol. The lowest BCUT2D eigenvalue weighted by atomic mass is 10.1. The van der Waals surface area contributed by atoms with Gasteiger partial charge in [0.15, 0.2) is 0 Å². The van der Waals surface area contributed by atoms with Crippen LogP contribution in [0.15, 0.2) is 77.2 Å². The Kier molecular flexibility index (Phi) is 4.88. The van der Waals surface area contributed by atoms with Crippen LogP contribution in [0.5, 0.6) is 0 Å². The predicted molar refractivity (Wildman–Crippen MR) is 122 cm³/mol. The fourth-order valence-corrected chi connectivity index (χ4v) is 3.50. The van der Waals surface area contributed by atoms with Gasteiger partial charge < -0.3 is 9.73 Å². The Hall–Kier alpha value is -4.06. The van der Waals surface area contributed by atoms with E-state index in [1.165, 1.54) is 11.1 Å². The molecule has 0 bridgehead atoms. The van der Waals surface area contributed by atoms with Gasteiger partial charge in [-0.2, -0.15) is 0 Å². The topological polar surface area (TPSA) is 76.7 Å². The zero-order valence-electron chi connectivity index (χ0n) is 17.3. The van der Waals surface area contributed by atoms with E-state index in [1.54, 1.807) is 0 Å². The van der Waals surface area contributed by atoms with Crippen LogP contribution in [0.25, 0.3) is 34.1 Å². The quantitative estimate of drug-likeness (QED) is 0.410. The molecule has 0 aliphatic rings. The van der Waals surface area contributed by atoms with Crippen LogP contribution in [-0.2, 0) is 6.54 Å². The molecule has 2 aromatic heterocycles. The fourth-order valence-electron chi connectivity index (χ4n) is 3.50. The van der Waals surface area contributed by atoms with Gasteiger partial charge >= 0.3 is 0 Å². The minimum atomic E-state index is 0.293. The molecule has 6 nitrogen and oxygen atoms in total. The van der Waals surface area contributed by atoms with Crippen molar-refractivity contribution in [3.63, 3.8) is 0 Å². The van der Waals surface area contributed by atoms with Gasteiger partial charge in [-0.05, 0) is 49.2 Å². The summed E-state index contributed by atoms with van der Waals surface area (Å²) in [4.78, 5) is 9.38. The summed E-state index contributed by atoms with van der Waals surface area (Å²) in [6, 6.07) is 24.1. The first-order valence-electron chi connectivity index (χ1n) is 10.1. The number of nitrogens with zero attached hydrogens (tertiary/aromatic N) is 4. The molecule has 0 saturated carbocycles. The molecule has 3 aromatic carbocycles. The third-order valence-corrected chi connectivity index (χ3v) is 5.19. The second-order valence-electron chi connectivity index (χ2n) is 7.47. The van der Waals surface area contributed by atoms with Crippen molar-refractivity contribution in [2.24, 2.45) is 0 Å². The largest absolute Gasteiger partial charge is 0.413 e. The van der Waals surface area contributed by atoms with Crippen molar-refractivity contribution >= 4 is 16.7 Å². The lowest BCUT2D eigenvalue weighted by molar-refractivity contribution is 0.579. The molecule has 31 heavy (non-hydrogen) atoms. The number of nitrogens with one attached hydrogen (secondary N) is 1. The van der Waals surface area contributed by atoms with Crippen LogP contribution in [-0.4, -0.2) is 20.2 Å². The smallest absolute Gasteiger partial charge is 0.286 e. The third-order valence-electron chi connectivity index (χ3n) is 5.19. The van der Waals surface area contributed by atoms with Crippen LogP contribution in [0.4, 0.5) is 5.82 Å². The van der Waals surface area contributed by atoms with E-state index in [2.05, 4.69) is 39.6 Å². The highest BCUT2D eigenvalue weighted by molar-refractivity contribution is 5.90. The Bertz CT molecular complexity index is 1380. The minimum absolute atomic E-state index is 0.293. The maximum atomic E-state index is 5.92. The van der Waals surface area contributed by atoms with E-state index in [0.717, 1.165) is 27.8 Å². The highest BCUT2D eigenvalue weighted by Crippen LogP contribution is 2.27. The molecule has 0 unspecified atom stereocenters. The second-order valence-corrected chi connectivity index (χ2v) is 7.47. The van der Waals surface area contributed by atoms with E-state index in [0.29, 0.717) is 24.2 Å². The van der Waals surface area contributed by atoms with Gasteiger partial charge in [0.25, 0.3) is 5.89 Å². The fraction of sp³-hybridized carbons (Fsp3) is 0.120. The van der Waals surface area contributed by atoms with Crippen LogP contribution in [0.1, 0.15) is 16.7 Å². The van der Waals surface area contributed by atoms with Crippen LogP contribution >= 0.6 is 0 Å². The molecule has 0 amide bonds. The van der Waals surface area contributed by atoms with Crippen molar-refractivity contribution in [2.45, 2.75) is 20.4 Å². The molecule has 0 spiro atoms. The van der Waals surface area contributed by atoms with Gasteiger partial charge in [-0.3, -0.25) is 0 Å². The van der Waals surface area contributed by atoms with Gasteiger partial charge in [-0.25, -0.2) is 9.97 Å². The molecule has 0 aliphatic heterocycles. The summed E-state index contributed by atoms with van der Waals surface area (Å²) in [5, 5.41) is 12.8. The van der Waals surface area contributed by atoms with Crippen LogP contribution in [0.2, 0.25) is 0 Å². The molecule has 0 radical (unpaired) electrons. The zero-order chi connectivity index (χ0) is 21.2. The van der Waals surface area contributed by atoms with Gasteiger partial charge in [-0.1, -0.05) is 54.1 Å². The van der Waals surface area contributed by atoms with E-state index in [4.69, 9.17) is 9.40 Å². The van der Waals surface area contributed by atoms with Crippen molar-refractivity contribution in [1.29, 1.82) is 0 Å². The number of anilines is 1. The number of para-hydroxylation sites is 1. The Balaban J connectivity index is 1.52. The van der Waals surface area contributed by atoms with E-state index in [1.807, 2.05) is 67.6 Å². The molecule has 1 N–H and O–H groups in total. The van der Waals surface area contributed by atoms with Gasteiger partial charge in [-0.15, -0.1) is 10.2 Å². The van der Waals surface area contributed by atoms with Gasteiger partial charge in [0.05, 0.1) is 5.52 Å². The number of hydrogen-bond acceptors (Lipinski definition) is 6. The van der Waals surface area contributed by atoms with Crippen LogP contribution in [0.3, 0.4) is 0 Å². The van der Waals surface area contributed by atoms with Gasteiger partial charge in [0.1, 0.15) is 5.82 Å². The third kappa shape index (κ3) is 3.88. The van der Waals surface area contributed by atoms with Crippen LogP contribution in [0, 0.1) is 13.8 Å². The van der Waals surface area contributed by atoms with E-state index in [9.17, 15) is 0 Å². The summed E-state index contributed by atoms with van der Waals surface area (Å²) in [6.07, 6.45) is 0. The standard InChI is InChI=1S/C25H21N5O/c1-16-8-7-11-18(14-16)24-29-30-25(31-24)23-27-21-13-6-5-12-20(21)22(28-23)26-15-19-10-4-3-9-17(19)2/h3-14H,15H2,1-2H3,(H,26,27,28).